The number of hydrogen-bond donors (Lipinski definition) is 2. The summed E-state index contributed by atoms with van der Waals surface area (Å²) >= 11 is 0. The minimum atomic E-state index is -0.00744. The number of nitrogen functional groups attached to an aromatic ring is 1. The van der Waals surface area contributed by atoms with E-state index in [2.05, 4.69) is 4.98 Å². The maximum atomic E-state index is 7.44. The molecule has 1 saturated heterocycles. The molecule has 1 aliphatic heterocycles. The molecule has 5 nitrogen and oxygen atoms in total. The average Bonchev–Trinajstić information content (AvgIpc) is 2.38. The molecule has 2 heterocycles. The van der Waals surface area contributed by atoms with Gasteiger partial charge in [0.1, 0.15) is 18.2 Å². The van der Waals surface area contributed by atoms with Gasteiger partial charge < -0.3 is 15.2 Å². The molecular formula is C12H17N3O2. The molecule has 1 aliphatic rings. The summed E-state index contributed by atoms with van der Waals surface area (Å²) in [4.78, 5) is 3.97. The average molecular weight is 235 g/mol. The van der Waals surface area contributed by atoms with E-state index in [1.54, 1.807) is 18.5 Å². The molecule has 0 saturated carbocycles. The third kappa shape index (κ3) is 3.17. The predicted molar refractivity (Wildman–Crippen MR) is 64.3 cm³/mol. The van der Waals surface area contributed by atoms with E-state index in [0.29, 0.717) is 17.9 Å². The van der Waals surface area contributed by atoms with Crippen molar-refractivity contribution in [2.75, 3.05) is 13.2 Å². The molecule has 2 rings (SSSR count). The van der Waals surface area contributed by atoms with Gasteiger partial charge in [-0.25, -0.2) is 0 Å². The highest BCUT2D eigenvalue weighted by Gasteiger charge is 2.15. The summed E-state index contributed by atoms with van der Waals surface area (Å²) in [5, 5.41) is 7.44. The number of amidine groups is 1. The summed E-state index contributed by atoms with van der Waals surface area (Å²) in [6.07, 6.45) is 6.65. The van der Waals surface area contributed by atoms with E-state index in [1.165, 1.54) is 6.42 Å². The Labute approximate surface area is 100 Å². The molecule has 0 radical (unpaired) electrons. The van der Waals surface area contributed by atoms with Crippen LogP contribution in [-0.4, -0.2) is 30.1 Å². The van der Waals surface area contributed by atoms with Crippen LogP contribution in [0.25, 0.3) is 0 Å². The summed E-state index contributed by atoms with van der Waals surface area (Å²) in [6.45, 7) is 1.30. The maximum Gasteiger partial charge on any atom is 0.148 e. The Bertz CT molecular complexity index is 389. The van der Waals surface area contributed by atoms with E-state index in [9.17, 15) is 0 Å². The van der Waals surface area contributed by atoms with E-state index in [-0.39, 0.29) is 11.9 Å². The smallest absolute Gasteiger partial charge is 0.148 e. The minimum absolute atomic E-state index is 0.00744. The maximum absolute atomic E-state index is 7.44. The van der Waals surface area contributed by atoms with Crippen molar-refractivity contribution in [2.24, 2.45) is 5.73 Å². The largest absolute Gasteiger partial charge is 0.488 e. The lowest BCUT2D eigenvalue weighted by Gasteiger charge is -2.23. The molecule has 5 heteroatoms. The zero-order valence-corrected chi connectivity index (χ0v) is 9.69. The normalized spacial score (nSPS) is 19.9. The quantitative estimate of drug-likeness (QED) is 0.609. The zero-order valence-electron chi connectivity index (χ0n) is 9.69. The minimum Gasteiger partial charge on any atom is -0.488 e. The van der Waals surface area contributed by atoms with Crippen molar-refractivity contribution in [3.8, 4) is 5.75 Å². The van der Waals surface area contributed by atoms with E-state index in [1.807, 2.05) is 0 Å². The summed E-state index contributed by atoms with van der Waals surface area (Å²) in [5.41, 5.74) is 6.05. The van der Waals surface area contributed by atoms with Gasteiger partial charge in [-0.1, -0.05) is 0 Å². The number of pyridine rings is 1. The number of nitrogens with zero attached hydrogens (tertiary/aromatic N) is 1. The Morgan fingerprint density at radius 1 is 1.59 bits per heavy atom. The first-order valence-electron chi connectivity index (χ1n) is 5.80. The number of rotatable bonds is 4. The lowest BCUT2D eigenvalue weighted by molar-refractivity contribution is -0.0111. The van der Waals surface area contributed by atoms with Crippen molar-refractivity contribution in [1.29, 1.82) is 5.41 Å². The molecule has 17 heavy (non-hydrogen) atoms. The number of hydrogen-bond acceptors (Lipinski definition) is 4. The number of nitrogens with one attached hydrogen (secondary N) is 1. The van der Waals surface area contributed by atoms with E-state index in [0.717, 1.165) is 19.4 Å². The standard InChI is InChI=1S/C12H17N3O2/c13-12(14)10-4-5-15-7-11(10)17-8-9-3-1-2-6-16-9/h4-5,7,9H,1-3,6,8H2,(H3,13,14). The van der Waals surface area contributed by atoms with Crippen LogP contribution in [-0.2, 0) is 4.74 Å². The lowest BCUT2D eigenvalue weighted by atomic mass is 10.1. The van der Waals surface area contributed by atoms with Crippen LogP contribution >= 0.6 is 0 Å². The van der Waals surface area contributed by atoms with Gasteiger partial charge in [0.05, 0.1) is 17.9 Å². The Balaban J connectivity index is 1.96. The topological polar surface area (TPSA) is 81.2 Å². The van der Waals surface area contributed by atoms with Gasteiger partial charge in [-0.05, 0) is 25.3 Å². The highest BCUT2D eigenvalue weighted by Crippen LogP contribution is 2.18. The van der Waals surface area contributed by atoms with E-state index >= 15 is 0 Å². The first kappa shape index (κ1) is 11.9. The molecule has 1 fully saturated rings. The SMILES string of the molecule is N=C(N)c1ccncc1OCC1CCCCO1. The van der Waals surface area contributed by atoms with Gasteiger partial charge in [-0.2, -0.15) is 0 Å². The molecule has 1 unspecified atom stereocenters. The Hall–Kier alpha value is -1.62. The van der Waals surface area contributed by atoms with Gasteiger partial charge in [0, 0.05) is 12.8 Å². The second-order valence-corrected chi connectivity index (χ2v) is 4.09. The van der Waals surface area contributed by atoms with Crippen LogP contribution in [0.3, 0.4) is 0 Å². The third-order valence-electron chi connectivity index (χ3n) is 2.77. The van der Waals surface area contributed by atoms with Gasteiger partial charge in [0.25, 0.3) is 0 Å². The van der Waals surface area contributed by atoms with E-state index in [4.69, 9.17) is 20.6 Å². The van der Waals surface area contributed by atoms with Crippen LogP contribution in [0.5, 0.6) is 5.75 Å². The zero-order chi connectivity index (χ0) is 12.1. The predicted octanol–water partition coefficient (Wildman–Crippen LogP) is 1.31. The van der Waals surface area contributed by atoms with Crippen LogP contribution in [0.1, 0.15) is 24.8 Å². The highest BCUT2D eigenvalue weighted by atomic mass is 16.5. The fraction of sp³-hybridized carbons (Fsp3) is 0.500. The van der Waals surface area contributed by atoms with Crippen LogP contribution in [0, 0.1) is 5.41 Å². The molecule has 0 aromatic carbocycles. The van der Waals surface area contributed by atoms with Crippen molar-refractivity contribution in [1.82, 2.24) is 4.98 Å². The first-order valence-corrected chi connectivity index (χ1v) is 5.80. The van der Waals surface area contributed by atoms with Crippen molar-refractivity contribution in [3.05, 3.63) is 24.0 Å². The van der Waals surface area contributed by atoms with Crippen molar-refractivity contribution >= 4 is 5.84 Å². The molecule has 1 aromatic heterocycles. The number of nitrogens with two attached hydrogens (primary N) is 1. The van der Waals surface area contributed by atoms with Crippen molar-refractivity contribution in [3.63, 3.8) is 0 Å². The lowest BCUT2D eigenvalue weighted by Crippen LogP contribution is -2.26. The molecular weight excluding hydrogens is 218 g/mol. The molecule has 0 amide bonds. The molecule has 0 bridgehead atoms. The summed E-state index contributed by atoms with van der Waals surface area (Å²) < 4.78 is 11.2. The monoisotopic (exact) mass is 235 g/mol. The van der Waals surface area contributed by atoms with Crippen LogP contribution < -0.4 is 10.5 Å². The fourth-order valence-electron chi connectivity index (χ4n) is 1.84. The second-order valence-electron chi connectivity index (χ2n) is 4.09. The summed E-state index contributed by atoms with van der Waals surface area (Å²) in [7, 11) is 0. The molecule has 0 spiro atoms. The van der Waals surface area contributed by atoms with Gasteiger partial charge >= 0.3 is 0 Å². The van der Waals surface area contributed by atoms with Gasteiger partial charge in [0.2, 0.25) is 0 Å². The van der Waals surface area contributed by atoms with Crippen molar-refractivity contribution < 1.29 is 9.47 Å². The fourth-order valence-corrected chi connectivity index (χ4v) is 1.84. The van der Waals surface area contributed by atoms with Gasteiger partial charge in [-0.3, -0.25) is 10.4 Å². The Kier molecular flexibility index (Phi) is 3.93. The van der Waals surface area contributed by atoms with E-state index < -0.39 is 0 Å². The molecule has 3 N–H and O–H groups in total. The van der Waals surface area contributed by atoms with Crippen LogP contribution in [0.15, 0.2) is 18.5 Å². The van der Waals surface area contributed by atoms with Crippen LogP contribution in [0.2, 0.25) is 0 Å². The second kappa shape index (κ2) is 5.63. The Morgan fingerprint density at radius 2 is 2.47 bits per heavy atom. The Morgan fingerprint density at radius 3 is 3.18 bits per heavy atom. The first-order chi connectivity index (χ1) is 8.27. The van der Waals surface area contributed by atoms with Crippen molar-refractivity contribution in [2.45, 2.75) is 25.4 Å². The summed E-state index contributed by atoms with van der Waals surface area (Å²) in [6, 6.07) is 1.68. The molecule has 0 aliphatic carbocycles. The number of aromatic nitrogens is 1. The summed E-state index contributed by atoms with van der Waals surface area (Å²) in [5.74, 6) is 0.543. The molecule has 1 atom stereocenters. The number of ether oxygens (including phenoxy) is 2. The molecule has 92 valence electrons. The van der Waals surface area contributed by atoms with Crippen LogP contribution in [0.4, 0.5) is 0 Å². The van der Waals surface area contributed by atoms with Gasteiger partial charge in [0.15, 0.2) is 0 Å². The third-order valence-corrected chi connectivity index (χ3v) is 2.77. The molecule has 1 aromatic rings. The van der Waals surface area contributed by atoms with Gasteiger partial charge in [-0.15, -0.1) is 0 Å². The highest BCUT2D eigenvalue weighted by molar-refractivity contribution is 5.97.